The SMILES string of the molecule is COc1cc(C=Cc2cc(OC)c(OC)c(OC)c2)cc(N/C=C\C(=O)c2ccccc2)c1OC. The normalized spacial score (nSPS) is 10.9. The molecule has 3 aromatic rings. The molecule has 35 heavy (non-hydrogen) atoms. The molecular weight excluding hydrogens is 446 g/mol. The number of allylic oxidation sites excluding steroid dienone is 1. The molecule has 0 fully saturated rings. The second-order valence-electron chi connectivity index (χ2n) is 7.30. The number of ether oxygens (including phenoxy) is 5. The minimum atomic E-state index is -0.109. The number of hydrogen-bond acceptors (Lipinski definition) is 7. The standard InChI is InChI=1S/C28H29NO6/c1-31-24-16-19(11-12-20-17-25(32-2)28(35-5)26(18-20)33-3)15-22(27(24)34-4)29-14-13-23(30)21-9-7-6-8-10-21/h6-18,29H,1-5H3/b12-11?,14-13-. The van der Waals surface area contributed by atoms with Gasteiger partial charge in [-0.2, -0.15) is 0 Å². The fourth-order valence-electron chi connectivity index (χ4n) is 3.48. The lowest BCUT2D eigenvalue weighted by molar-refractivity contribution is 0.104. The summed E-state index contributed by atoms with van der Waals surface area (Å²) in [6.45, 7) is 0. The molecule has 0 atom stereocenters. The fourth-order valence-corrected chi connectivity index (χ4v) is 3.48. The smallest absolute Gasteiger partial charge is 0.203 e. The van der Waals surface area contributed by atoms with E-state index >= 15 is 0 Å². The van der Waals surface area contributed by atoms with Gasteiger partial charge in [0, 0.05) is 17.8 Å². The first-order chi connectivity index (χ1) is 17.0. The Kier molecular flexibility index (Phi) is 8.78. The van der Waals surface area contributed by atoms with Crippen molar-refractivity contribution in [2.24, 2.45) is 0 Å². The number of benzene rings is 3. The van der Waals surface area contributed by atoms with Crippen molar-refractivity contribution in [1.29, 1.82) is 0 Å². The predicted octanol–water partition coefficient (Wildman–Crippen LogP) is 5.71. The van der Waals surface area contributed by atoms with Gasteiger partial charge >= 0.3 is 0 Å². The molecule has 7 nitrogen and oxygen atoms in total. The molecule has 0 aliphatic heterocycles. The maximum atomic E-state index is 12.4. The highest BCUT2D eigenvalue weighted by atomic mass is 16.5. The molecule has 3 rings (SSSR count). The third-order valence-corrected chi connectivity index (χ3v) is 5.19. The van der Waals surface area contributed by atoms with Gasteiger partial charge in [-0.15, -0.1) is 0 Å². The lowest BCUT2D eigenvalue weighted by Crippen LogP contribution is -1.99. The molecule has 0 spiro atoms. The molecule has 0 aliphatic carbocycles. The van der Waals surface area contributed by atoms with E-state index in [-0.39, 0.29) is 5.78 Å². The molecule has 0 unspecified atom stereocenters. The first kappa shape index (κ1) is 25.2. The number of carbonyl (C=O) groups excluding carboxylic acids is 1. The first-order valence-corrected chi connectivity index (χ1v) is 10.8. The van der Waals surface area contributed by atoms with E-state index in [1.807, 2.05) is 54.6 Å². The summed E-state index contributed by atoms with van der Waals surface area (Å²) in [5, 5.41) is 3.13. The van der Waals surface area contributed by atoms with Crippen LogP contribution in [0, 0.1) is 0 Å². The van der Waals surface area contributed by atoms with Crippen LogP contribution in [0.15, 0.2) is 66.9 Å². The maximum Gasteiger partial charge on any atom is 0.203 e. The number of nitrogens with one attached hydrogen (secondary N) is 1. The summed E-state index contributed by atoms with van der Waals surface area (Å²) < 4.78 is 27.3. The molecule has 3 aromatic carbocycles. The molecular formula is C28H29NO6. The molecule has 182 valence electrons. The van der Waals surface area contributed by atoms with Crippen LogP contribution in [0.2, 0.25) is 0 Å². The van der Waals surface area contributed by atoms with Crippen LogP contribution in [-0.4, -0.2) is 41.3 Å². The monoisotopic (exact) mass is 475 g/mol. The van der Waals surface area contributed by atoms with Crippen molar-refractivity contribution in [3.05, 3.63) is 83.6 Å². The summed E-state index contributed by atoms with van der Waals surface area (Å²) in [5.41, 5.74) is 2.96. The molecule has 0 amide bonds. The zero-order chi connectivity index (χ0) is 25.2. The van der Waals surface area contributed by atoms with Gasteiger partial charge in [0.2, 0.25) is 5.75 Å². The Balaban J connectivity index is 1.90. The summed E-state index contributed by atoms with van der Waals surface area (Å²) in [4.78, 5) is 12.4. The molecule has 0 saturated carbocycles. The molecule has 0 aliphatic rings. The second kappa shape index (κ2) is 12.2. The summed E-state index contributed by atoms with van der Waals surface area (Å²) in [5.74, 6) is 2.62. The van der Waals surface area contributed by atoms with Gasteiger partial charge in [-0.3, -0.25) is 4.79 Å². The van der Waals surface area contributed by atoms with Crippen LogP contribution >= 0.6 is 0 Å². The first-order valence-electron chi connectivity index (χ1n) is 10.8. The number of hydrogen-bond donors (Lipinski definition) is 1. The van der Waals surface area contributed by atoms with Gasteiger partial charge in [-0.25, -0.2) is 0 Å². The van der Waals surface area contributed by atoms with Gasteiger partial charge in [0.25, 0.3) is 0 Å². The molecule has 1 N–H and O–H groups in total. The lowest BCUT2D eigenvalue weighted by Gasteiger charge is -2.14. The number of methoxy groups -OCH3 is 5. The van der Waals surface area contributed by atoms with Gasteiger partial charge in [-0.05, 0) is 35.4 Å². The quantitative estimate of drug-likeness (QED) is 0.216. The highest BCUT2D eigenvalue weighted by Gasteiger charge is 2.13. The third-order valence-electron chi connectivity index (χ3n) is 5.19. The van der Waals surface area contributed by atoms with Gasteiger partial charge in [0.15, 0.2) is 28.8 Å². The van der Waals surface area contributed by atoms with Crippen molar-refractivity contribution in [2.45, 2.75) is 0 Å². The third kappa shape index (κ3) is 6.14. The summed E-state index contributed by atoms with van der Waals surface area (Å²) in [7, 11) is 7.85. The zero-order valence-electron chi connectivity index (χ0n) is 20.5. The number of anilines is 1. The Morgan fingerprint density at radius 2 is 1.20 bits per heavy atom. The van der Waals surface area contributed by atoms with Crippen molar-refractivity contribution in [3.63, 3.8) is 0 Å². The largest absolute Gasteiger partial charge is 0.493 e. The van der Waals surface area contributed by atoms with Gasteiger partial charge in [0.05, 0.1) is 41.2 Å². The zero-order valence-corrected chi connectivity index (χ0v) is 20.5. The Bertz CT molecular complexity index is 1190. The van der Waals surface area contributed by atoms with E-state index in [1.54, 1.807) is 53.9 Å². The van der Waals surface area contributed by atoms with Crippen LogP contribution in [0.3, 0.4) is 0 Å². The summed E-state index contributed by atoms with van der Waals surface area (Å²) in [6, 6.07) is 16.5. The van der Waals surface area contributed by atoms with Crippen molar-refractivity contribution < 1.29 is 28.5 Å². The van der Waals surface area contributed by atoms with E-state index in [4.69, 9.17) is 23.7 Å². The minimum Gasteiger partial charge on any atom is -0.493 e. The highest BCUT2D eigenvalue weighted by molar-refractivity contribution is 6.04. The number of carbonyl (C=O) groups is 1. The Morgan fingerprint density at radius 3 is 1.71 bits per heavy atom. The van der Waals surface area contributed by atoms with E-state index in [9.17, 15) is 4.79 Å². The van der Waals surface area contributed by atoms with Crippen LogP contribution in [-0.2, 0) is 0 Å². The maximum absolute atomic E-state index is 12.4. The minimum absolute atomic E-state index is 0.109. The van der Waals surface area contributed by atoms with E-state index in [0.717, 1.165) is 11.1 Å². The van der Waals surface area contributed by atoms with E-state index < -0.39 is 0 Å². The Labute approximate surface area is 205 Å². The van der Waals surface area contributed by atoms with Crippen LogP contribution in [0.25, 0.3) is 12.2 Å². The van der Waals surface area contributed by atoms with Crippen LogP contribution in [0.4, 0.5) is 5.69 Å². The molecule has 0 saturated heterocycles. The number of rotatable bonds is 11. The van der Waals surface area contributed by atoms with Crippen molar-refractivity contribution in [2.75, 3.05) is 40.9 Å². The Hall–Kier alpha value is -4.39. The van der Waals surface area contributed by atoms with Crippen molar-refractivity contribution >= 4 is 23.6 Å². The molecule has 0 radical (unpaired) electrons. The van der Waals surface area contributed by atoms with E-state index in [0.29, 0.717) is 40.0 Å². The molecule has 0 aromatic heterocycles. The average molecular weight is 476 g/mol. The molecule has 7 heteroatoms. The fraction of sp³-hybridized carbons (Fsp3) is 0.179. The predicted molar refractivity (Wildman–Crippen MR) is 138 cm³/mol. The molecule has 0 bridgehead atoms. The summed E-state index contributed by atoms with van der Waals surface area (Å²) in [6.07, 6.45) is 6.90. The van der Waals surface area contributed by atoms with E-state index in [2.05, 4.69) is 5.32 Å². The van der Waals surface area contributed by atoms with Crippen LogP contribution in [0.1, 0.15) is 21.5 Å². The van der Waals surface area contributed by atoms with E-state index in [1.165, 1.54) is 6.08 Å². The number of ketones is 1. The van der Waals surface area contributed by atoms with Gasteiger partial charge in [-0.1, -0.05) is 42.5 Å². The van der Waals surface area contributed by atoms with Crippen molar-refractivity contribution in [1.82, 2.24) is 0 Å². The van der Waals surface area contributed by atoms with Crippen LogP contribution in [0.5, 0.6) is 28.7 Å². The van der Waals surface area contributed by atoms with Crippen molar-refractivity contribution in [3.8, 4) is 28.7 Å². The van der Waals surface area contributed by atoms with Gasteiger partial charge < -0.3 is 29.0 Å². The average Bonchev–Trinajstić information content (AvgIpc) is 2.91. The second-order valence-corrected chi connectivity index (χ2v) is 7.30. The summed E-state index contributed by atoms with van der Waals surface area (Å²) >= 11 is 0. The Morgan fingerprint density at radius 1 is 0.686 bits per heavy atom. The highest BCUT2D eigenvalue weighted by Crippen LogP contribution is 2.40. The lowest BCUT2D eigenvalue weighted by atomic mass is 10.1. The molecule has 0 heterocycles. The van der Waals surface area contributed by atoms with Crippen LogP contribution < -0.4 is 29.0 Å². The topological polar surface area (TPSA) is 75.3 Å². The van der Waals surface area contributed by atoms with Gasteiger partial charge in [0.1, 0.15) is 0 Å².